The molecule has 206 valence electrons. The molecule has 7 atom stereocenters. The number of ether oxygens (including phenoxy) is 2. The van der Waals surface area contributed by atoms with Gasteiger partial charge in [-0.05, 0) is 6.92 Å². The molecule has 18 nitrogen and oxygen atoms in total. The van der Waals surface area contributed by atoms with Crippen LogP contribution in [0.4, 0.5) is 5.95 Å². The number of anilines is 1. The van der Waals surface area contributed by atoms with Gasteiger partial charge in [-0.1, -0.05) is 0 Å². The molecular formula is C19H25N8O10P. The Morgan fingerprint density at radius 2 is 1.87 bits per heavy atom. The van der Waals surface area contributed by atoms with Crippen LogP contribution in [0.5, 0.6) is 0 Å². The van der Waals surface area contributed by atoms with E-state index in [0.717, 1.165) is 10.9 Å². The summed E-state index contributed by atoms with van der Waals surface area (Å²) >= 11 is 0. The molecule has 5 rings (SSSR count). The molecule has 2 aliphatic rings. The van der Waals surface area contributed by atoms with E-state index in [0.29, 0.717) is 5.82 Å². The van der Waals surface area contributed by atoms with E-state index in [4.69, 9.17) is 24.3 Å². The van der Waals surface area contributed by atoms with Gasteiger partial charge in [0, 0.05) is 12.8 Å². The Kier molecular flexibility index (Phi) is 7.14. The Morgan fingerprint density at radius 1 is 1.16 bits per heavy atom. The number of aliphatic hydroxyl groups excluding tert-OH is 2. The minimum Gasteiger partial charge on any atom is -0.394 e. The predicted molar refractivity (Wildman–Crippen MR) is 124 cm³/mol. The SMILES string of the molecule is Cc1nc2c(ncn2[C@H]2C[C@@H](O)[C@@H](COP(=O)(O)O[C@@H]3C[C@H](n4cnc(N)nc4=O)O[C@@H]3CO)O2)c(=O)[nH]1. The molecule has 0 spiro atoms. The number of imidazole rings is 1. The first-order valence-corrected chi connectivity index (χ1v) is 12.9. The Bertz CT molecular complexity index is 1490. The second kappa shape index (κ2) is 10.2. The average molecular weight is 556 g/mol. The van der Waals surface area contributed by atoms with Crippen molar-refractivity contribution in [2.24, 2.45) is 0 Å². The Balaban J connectivity index is 1.22. The molecular weight excluding hydrogens is 531 g/mol. The lowest BCUT2D eigenvalue weighted by Gasteiger charge is -2.21. The quantitative estimate of drug-likeness (QED) is 0.190. The average Bonchev–Trinajstić information content (AvgIpc) is 3.54. The zero-order valence-corrected chi connectivity index (χ0v) is 20.7. The van der Waals surface area contributed by atoms with Gasteiger partial charge in [0.25, 0.3) is 5.56 Å². The van der Waals surface area contributed by atoms with Gasteiger partial charge in [0.15, 0.2) is 11.2 Å². The largest absolute Gasteiger partial charge is 0.472 e. The Labute approximate surface area is 212 Å². The predicted octanol–water partition coefficient (Wildman–Crippen LogP) is -1.91. The Hall–Kier alpha value is -3.09. The molecule has 0 aliphatic carbocycles. The van der Waals surface area contributed by atoms with E-state index < -0.39 is 69.2 Å². The monoisotopic (exact) mass is 556 g/mol. The minimum atomic E-state index is -4.74. The van der Waals surface area contributed by atoms with Crippen LogP contribution in [-0.2, 0) is 23.1 Å². The standard InChI is InChI=1S/C19H25N8O10P/c1-8-23-16-15(17(30)24-8)21-6-26(16)13-2-9(29)12(36-13)5-34-38(32,33)37-10-3-14(35-11(10)4-28)27-7-22-18(20)25-19(27)31/h6-7,9-14,28-29H,2-5H2,1H3,(H,32,33)(H2,20,25,31)(H,23,24,30)/t9-,10-,11-,12-,13-,14-/m1/s1. The van der Waals surface area contributed by atoms with Crippen LogP contribution in [-0.4, -0.2) is 86.8 Å². The Morgan fingerprint density at radius 3 is 2.61 bits per heavy atom. The zero-order chi connectivity index (χ0) is 27.2. The van der Waals surface area contributed by atoms with Gasteiger partial charge in [0.05, 0.1) is 25.6 Å². The molecule has 3 aromatic rings. The molecule has 5 heterocycles. The number of aromatic nitrogens is 7. The third-order valence-electron chi connectivity index (χ3n) is 6.15. The van der Waals surface area contributed by atoms with Crippen molar-refractivity contribution in [2.45, 2.75) is 56.6 Å². The van der Waals surface area contributed by atoms with Gasteiger partial charge in [-0.2, -0.15) is 4.98 Å². The molecule has 1 unspecified atom stereocenters. The van der Waals surface area contributed by atoms with Crippen LogP contribution >= 0.6 is 7.82 Å². The summed E-state index contributed by atoms with van der Waals surface area (Å²) < 4.78 is 36.8. The first-order chi connectivity index (χ1) is 18.0. The fourth-order valence-electron chi connectivity index (χ4n) is 4.35. The minimum absolute atomic E-state index is 0.0761. The number of phosphoric ester groups is 1. The van der Waals surface area contributed by atoms with Crippen LogP contribution in [0.3, 0.4) is 0 Å². The summed E-state index contributed by atoms with van der Waals surface area (Å²) in [6, 6.07) is 0. The number of aliphatic hydroxyl groups is 2. The summed E-state index contributed by atoms with van der Waals surface area (Å²) in [5.74, 6) is 0.137. The topological polar surface area (TPSA) is 252 Å². The number of phosphoric acid groups is 1. The first kappa shape index (κ1) is 26.5. The summed E-state index contributed by atoms with van der Waals surface area (Å²) in [7, 11) is -4.74. The number of hydrogen-bond acceptors (Lipinski definition) is 14. The molecule has 38 heavy (non-hydrogen) atoms. The highest BCUT2D eigenvalue weighted by Gasteiger charge is 2.43. The van der Waals surface area contributed by atoms with E-state index in [1.807, 2.05) is 0 Å². The molecule has 19 heteroatoms. The van der Waals surface area contributed by atoms with Crippen molar-refractivity contribution in [1.29, 1.82) is 0 Å². The lowest BCUT2D eigenvalue weighted by Crippen LogP contribution is -2.29. The van der Waals surface area contributed by atoms with Crippen molar-refractivity contribution < 1.29 is 38.2 Å². The second-order valence-corrected chi connectivity index (χ2v) is 10.2. The van der Waals surface area contributed by atoms with Gasteiger partial charge in [-0.15, -0.1) is 0 Å². The van der Waals surface area contributed by atoms with Crippen molar-refractivity contribution >= 4 is 24.9 Å². The summed E-state index contributed by atoms with van der Waals surface area (Å²) in [5.41, 5.74) is 4.57. The van der Waals surface area contributed by atoms with Crippen molar-refractivity contribution in [1.82, 2.24) is 34.1 Å². The van der Waals surface area contributed by atoms with Gasteiger partial charge in [0.1, 0.15) is 42.9 Å². The summed E-state index contributed by atoms with van der Waals surface area (Å²) in [5, 5.41) is 20.1. The number of aromatic amines is 1. The molecule has 2 saturated heterocycles. The molecule has 0 amide bonds. The van der Waals surface area contributed by atoms with Gasteiger partial charge >= 0.3 is 13.5 Å². The molecule has 6 N–H and O–H groups in total. The highest BCUT2D eigenvalue weighted by molar-refractivity contribution is 7.47. The van der Waals surface area contributed by atoms with E-state index in [1.54, 1.807) is 6.92 Å². The fraction of sp³-hybridized carbons (Fsp3) is 0.579. The highest BCUT2D eigenvalue weighted by Crippen LogP contribution is 2.49. The second-order valence-electron chi connectivity index (χ2n) is 8.77. The summed E-state index contributed by atoms with van der Waals surface area (Å²) in [6.45, 7) is 0.517. The molecule has 0 radical (unpaired) electrons. The maximum atomic E-state index is 12.7. The van der Waals surface area contributed by atoms with E-state index in [2.05, 4.69) is 24.9 Å². The number of nitrogens with one attached hydrogen (secondary N) is 1. The molecule has 3 aromatic heterocycles. The van der Waals surface area contributed by atoms with Crippen LogP contribution in [0, 0.1) is 6.92 Å². The van der Waals surface area contributed by atoms with Crippen molar-refractivity contribution in [3.63, 3.8) is 0 Å². The lowest BCUT2D eigenvalue weighted by molar-refractivity contribution is -0.0565. The van der Waals surface area contributed by atoms with Gasteiger partial charge < -0.3 is 35.3 Å². The van der Waals surface area contributed by atoms with E-state index in [9.17, 15) is 29.3 Å². The van der Waals surface area contributed by atoms with E-state index in [1.165, 1.54) is 10.9 Å². The first-order valence-electron chi connectivity index (χ1n) is 11.4. The molecule has 0 aromatic carbocycles. The number of rotatable bonds is 8. The summed E-state index contributed by atoms with van der Waals surface area (Å²) in [4.78, 5) is 52.5. The molecule has 2 aliphatic heterocycles. The van der Waals surface area contributed by atoms with E-state index in [-0.39, 0.29) is 30.0 Å². The normalized spacial score (nSPS) is 29.2. The smallest absolute Gasteiger partial charge is 0.394 e. The van der Waals surface area contributed by atoms with Crippen LogP contribution in [0.25, 0.3) is 11.2 Å². The maximum absolute atomic E-state index is 12.7. The lowest BCUT2D eigenvalue weighted by atomic mass is 10.2. The fourth-order valence-corrected chi connectivity index (χ4v) is 5.31. The zero-order valence-electron chi connectivity index (χ0n) is 19.9. The summed E-state index contributed by atoms with van der Waals surface area (Å²) in [6.07, 6.45) is -3.60. The van der Waals surface area contributed by atoms with Crippen LogP contribution in [0.1, 0.15) is 31.1 Å². The maximum Gasteiger partial charge on any atom is 0.472 e. The number of aryl methyl sites for hydroxylation is 1. The van der Waals surface area contributed by atoms with Crippen LogP contribution in [0.2, 0.25) is 0 Å². The van der Waals surface area contributed by atoms with Crippen molar-refractivity contribution in [2.75, 3.05) is 18.9 Å². The molecule has 0 bridgehead atoms. The van der Waals surface area contributed by atoms with Crippen LogP contribution in [0.15, 0.2) is 22.2 Å². The molecule has 2 fully saturated rings. The van der Waals surface area contributed by atoms with Gasteiger partial charge in [-0.3, -0.25) is 23.0 Å². The van der Waals surface area contributed by atoms with Crippen molar-refractivity contribution in [3.8, 4) is 0 Å². The number of nitrogens with two attached hydrogens (primary N) is 1. The number of nitrogens with zero attached hydrogens (tertiary/aromatic N) is 6. The number of H-pyrrole nitrogens is 1. The number of hydrogen-bond donors (Lipinski definition) is 5. The van der Waals surface area contributed by atoms with E-state index >= 15 is 0 Å². The van der Waals surface area contributed by atoms with Crippen LogP contribution < -0.4 is 17.0 Å². The third kappa shape index (κ3) is 5.25. The number of fused-ring (bicyclic) bond motifs is 1. The van der Waals surface area contributed by atoms with Crippen molar-refractivity contribution in [3.05, 3.63) is 39.3 Å². The molecule has 0 saturated carbocycles. The third-order valence-corrected chi connectivity index (χ3v) is 7.16. The van der Waals surface area contributed by atoms with Gasteiger partial charge in [0.2, 0.25) is 5.95 Å². The number of nitrogen functional groups attached to an aromatic ring is 1. The highest BCUT2D eigenvalue weighted by atomic mass is 31.2. The van der Waals surface area contributed by atoms with Gasteiger partial charge in [-0.25, -0.2) is 24.3 Å².